The molecule has 188 valence electrons. The van der Waals surface area contributed by atoms with E-state index in [2.05, 4.69) is 0 Å². The smallest absolute Gasteiger partial charge is 0.432 e. The molecule has 6 nitrogen and oxygen atoms in total. The highest BCUT2D eigenvalue weighted by atomic mass is 32.2. The lowest BCUT2D eigenvalue weighted by Crippen LogP contribution is -2.42. The van der Waals surface area contributed by atoms with E-state index in [1.54, 1.807) is 79.7 Å². The van der Waals surface area contributed by atoms with E-state index in [0.717, 1.165) is 5.56 Å². The Morgan fingerprint density at radius 1 is 0.806 bits per heavy atom. The quantitative estimate of drug-likeness (QED) is 0.359. The summed E-state index contributed by atoms with van der Waals surface area (Å²) in [4.78, 5) is 25.3. The number of imide groups is 1. The Kier molecular flexibility index (Phi) is 9.02. The lowest BCUT2D eigenvalue weighted by molar-refractivity contribution is -0.108. The average Bonchev–Trinajstić information content (AvgIpc) is 2.87. The van der Waals surface area contributed by atoms with Crippen molar-refractivity contribution in [2.45, 2.75) is 31.2 Å². The van der Waals surface area contributed by atoms with E-state index >= 15 is 0 Å². The monoisotopic (exact) mass is 517 g/mol. The lowest BCUT2D eigenvalue weighted by Gasteiger charge is -2.24. The van der Waals surface area contributed by atoms with Gasteiger partial charge in [0.25, 0.3) is 0 Å². The van der Waals surface area contributed by atoms with Gasteiger partial charge >= 0.3 is 18.4 Å². The van der Waals surface area contributed by atoms with E-state index in [0.29, 0.717) is 11.1 Å². The molecule has 1 atom stereocenters. The third-order valence-corrected chi connectivity index (χ3v) is 5.95. The Bertz CT molecular complexity index is 1170. The van der Waals surface area contributed by atoms with Crippen LogP contribution in [0.25, 0.3) is 0 Å². The molecule has 0 fully saturated rings. The molecule has 0 heterocycles. The van der Waals surface area contributed by atoms with Gasteiger partial charge < -0.3 is 9.47 Å². The second-order valence-corrected chi connectivity index (χ2v) is 8.83. The largest absolute Gasteiger partial charge is 0.444 e. The lowest BCUT2D eigenvalue weighted by atomic mass is 10.2. The fourth-order valence-electron chi connectivity index (χ4n) is 2.93. The van der Waals surface area contributed by atoms with E-state index in [1.807, 2.05) is 0 Å². The number of carbonyl (C=O) groups is 2. The van der Waals surface area contributed by atoms with Crippen LogP contribution in [0.2, 0.25) is 0 Å². The van der Waals surface area contributed by atoms with Crippen molar-refractivity contribution in [3.63, 3.8) is 0 Å². The van der Waals surface area contributed by atoms with Crippen molar-refractivity contribution in [3.05, 3.63) is 113 Å². The van der Waals surface area contributed by atoms with E-state index in [4.69, 9.17) is 9.47 Å². The molecule has 2 amide bonds. The molecule has 3 rings (SSSR count). The minimum atomic E-state index is -5.24. The Balaban J connectivity index is 1.93. The van der Waals surface area contributed by atoms with Gasteiger partial charge in [-0.3, -0.25) is 0 Å². The third-order valence-electron chi connectivity index (χ3n) is 4.78. The standard InChI is InChI=1S/C26H22F3NO5S/c1-19-12-14-22(15-13-19)36(33)18-23(26(27,28)29)30(24(31)34-16-20-8-4-2-5-9-20)25(32)35-17-21-10-6-3-7-11-21/h2-15,18H,16-17H2,1H3/b23-18-/t36-/m1/s1. The first-order valence-corrected chi connectivity index (χ1v) is 11.8. The Labute approximate surface area is 208 Å². The predicted octanol–water partition coefficient (Wildman–Crippen LogP) is 6.48. The predicted molar refractivity (Wildman–Crippen MR) is 127 cm³/mol. The molecule has 3 aromatic rings. The van der Waals surface area contributed by atoms with Crippen LogP contribution in [0.4, 0.5) is 22.8 Å². The summed E-state index contributed by atoms with van der Waals surface area (Å²) >= 11 is 0. The van der Waals surface area contributed by atoms with Crippen LogP contribution < -0.4 is 0 Å². The molecule has 3 aromatic carbocycles. The molecule has 36 heavy (non-hydrogen) atoms. The van der Waals surface area contributed by atoms with Crippen LogP contribution in [-0.2, 0) is 33.5 Å². The number of allylic oxidation sites excluding steroid dienone is 1. The summed E-state index contributed by atoms with van der Waals surface area (Å²) in [5.74, 6) is 0. The van der Waals surface area contributed by atoms with Crippen molar-refractivity contribution in [2.75, 3.05) is 0 Å². The van der Waals surface area contributed by atoms with Gasteiger partial charge in [0.2, 0.25) is 0 Å². The number of nitrogens with zero attached hydrogens (tertiary/aromatic N) is 1. The number of carbonyl (C=O) groups excluding carboxylic acids is 2. The van der Waals surface area contributed by atoms with Crippen LogP contribution in [0.3, 0.4) is 0 Å². The first-order chi connectivity index (χ1) is 17.1. The average molecular weight is 518 g/mol. The Morgan fingerprint density at radius 2 is 1.25 bits per heavy atom. The van der Waals surface area contributed by atoms with Crippen LogP contribution in [0, 0.1) is 6.92 Å². The van der Waals surface area contributed by atoms with Gasteiger partial charge in [0.1, 0.15) is 18.9 Å². The summed E-state index contributed by atoms with van der Waals surface area (Å²) in [7, 11) is -2.34. The molecule has 0 aliphatic carbocycles. The number of aryl methyl sites for hydroxylation is 1. The van der Waals surface area contributed by atoms with E-state index < -0.39 is 48.1 Å². The first kappa shape index (κ1) is 26.7. The van der Waals surface area contributed by atoms with Crippen LogP contribution >= 0.6 is 0 Å². The van der Waals surface area contributed by atoms with Crippen molar-refractivity contribution in [1.82, 2.24) is 4.90 Å². The zero-order valence-electron chi connectivity index (χ0n) is 19.1. The maximum absolute atomic E-state index is 14.1. The molecule has 0 N–H and O–H groups in total. The maximum atomic E-state index is 14.1. The molecule has 0 radical (unpaired) electrons. The zero-order chi connectivity index (χ0) is 26.1. The number of amides is 2. The van der Waals surface area contributed by atoms with Gasteiger partial charge in [0.15, 0.2) is 0 Å². The number of hydrogen-bond donors (Lipinski definition) is 0. The summed E-state index contributed by atoms with van der Waals surface area (Å²) in [6.07, 6.45) is -8.49. The highest BCUT2D eigenvalue weighted by molar-refractivity contribution is 7.88. The van der Waals surface area contributed by atoms with Crippen LogP contribution in [0.1, 0.15) is 16.7 Å². The third kappa shape index (κ3) is 7.54. The molecule has 10 heteroatoms. The number of alkyl halides is 3. The second-order valence-electron chi connectivity index (χ2n) is 7.53. The molecular weight excluding hydrogens is 495 g/mol. The maximum Gasteiger partial charge on any atom is 0.432 e. The molecule has 0 unspecified atom stereocenters. The minimum Gasteiger partial charge on any atom is -0.444 e. The van der Waals surface area contributed by atoms with Crippen molar-refractivity contribution in [3.8, 4) is 0 Å². The molecule has 0 saturated heterocycles. The Morgan fingerprint density at radius 3 is 1.67 bits per heavy atom. The van der Waals surface area contributed by atoms with Gasteiger partial charge in [-0.15, -0.1) is 0 Å². The van der Waals surface area contributed by atoms with Gasteiger partial charge in [-0.05, 0) is 30.2 Å². The summed E-state index contributed by atoms with van der Waals surface area (Å²) in [5.41, 5.74) is 0.0114. The van der Waals surface area contributed by atoms with E-state index in [1.165, 1.54) is 12.1 Å². The van der Waals surface area contributed by atoms with Crippen LogP contribution in [0.5, 0.6) is 0 Å². The van der Waals surface area contributed by atoms with E-state index in [-0.39, 0.29) is 15.2 Å². The van der Waals surface area contributed by atoms with Crippen molar-refractivity contribution in [2.24, 2.45) is 0 Å². The van der Waals surface area contributed by atoms with Gasteiger partial charge in [-0.2, -0.15) is 18.1 Å². The topological polar surface area (TPSA) is 72.9 Å². The van der Waals surface area contributed by atoms with Crippen molar-refractivity contribution in [1.29, 1.82) is 0 Å². The van der Waals surface area contributed by atoms with Gasteiger partial charge in [-0.1, -0.05) is 78.4 Å². The zero-order valence-corrected chi connectivity index (χ0v) is 19.9. The Hall–Kier alpha value is -3.92. The van der Waals surface area contributed by atoms with Crippen molar-refractivity contribution < 1.29 is 36.4 Å². The van der Waals surface area contributed by atoms with E-state index in [9.17, 15) is 27.0 Å². The van der Waals surface area contributed by atoms with Crippen LogP contribution in [-0.4, -0.2) is 27.5 Å². The SMILES string of the molecule is Cc1ccc([S@](=O)/C=C(\N(C(=O)OCc2ccccc2)C(=O)OCc2ccccc2)C(F)(F)F)cc1. The molecule has 0 aliphatic rings. The number of ether oxygens (including phenoxy) is 2. The molecule has 0 spiro atoms. The summed E-state index contributed by atoms with van der Waals surface area (Å²) in [6, 6.07) is 22.4. The fourth-order valence-corrected chi connectivity index (χ4v) is 3.91. The van der Waals surface area contributed by atoms with Gasteiger partial charge in [0, 0.05) is 10.3 Å². The molecule has 0 saturated carbocycles. The van der Waals surface area contributed by atoms with Gasteiger partial charge in [-0.25, -0.2) is 13.8 Å². The summed E-state index contributed by atoms with van der Waals surface area (Å²) in [5, 5.41) is 0.290. The number of benzene rings is 3. The number of rotatable bonds is 7. The molecule has 0 bridgehead atoms. The molecular formula is C26H22F3NO5S. The highest BCUT2D eigenvalue weighted by Crippen LogP contribution is 2.31. The fraction of sp³-hybridized carbons (Fsp3) is 0.154. The summed E-state index contributed by atoms with van der Waals surface area (Å²) < 4.78 is 65.0. The van der Waals surface area contributed by atoms with Gasteiger partial charge in [0.05, 0.1) is 10.8 Å². The first-order valence-electron chi connectivity index (χ1n) is 10.6. The minimum absolute atomic E-state index is 0.0533. The number of halogens is 3. The van der Waals surface area contributed by atoms with Crippen molar-refractivity contribution >= 4 is 23.0 Å². The second kappa shape index (κ2) is 12.2. The number of hydrogen-bond acceptors (Lipinski definition) is 5. The molecule has 0 aliphatic heterocycles. The van der Waals surface area contributed by atoms with Crippen LogP contribution in [0.15, 0.2) is 101 Å². The normalized spacial score (nSPS) is 12.5. The molecule has 0 aromatic heterocycles. The summed E-state index contributed by atoms with van der Waals surface area (Å²) in [6.45, 7) is 0.972. The highest BCUT2D eigenvalue weighted by Gasteiger charge is 2.45.